The van der Waals surface area contributed by atoms with Gasteiger partial charge in [-0.2, -0.15) is 0 Å². The maximum absolute atomic E-state index is 14.1. The summed E-state index contributed by atoms with van der Waals surface area (Å²) in [5.74, 6) is 1.58. The Labute approximate surface area is 186 Å². The molecule has 0 aliphatic carbocycles. The van der Waals surface area contributed by atoms with Crippen molar-refractivity contribution < 1.29 is 13.9 Å². The van der Waals surface area contributed by atoms with Gasteiger partial charge in [0.1, 0.15) is 23.1 Å². The number of rotatable bonds is 1. The van der Waals surface area contributed by atoms with Gasteiger partial charge in [-0.15, -0.1) is 0 Å². The summed E-state index contributed by atoms with van der Waals surface area (Å²) in [6.45, 7) is 6.28. The number of carbonyl (C=O) groups excluding carboxylic acids is 1. The predicted octanol–water partition coefficient (Wildman–Crippen LogP) is 5.08. The summed E-state index contributed by atoms with van der Waals surface area (Å²) in [4.78, 5) is 21.7. The molecule has 2 aliphatic heterocycles. The Hall–Kier alpha value is -3.67. The molecule has 2 heterocycles. The second-order valence-electron chi connectivity index (χ2n) is 8.27. The molecule has 32 heavy (non-hydrogen) atoms. The van der Waals surface area contributed by atoms with Crippen LogP contribution < -0.4 is 4.74 Å². The van der Waals surface area contributed by atoms with Crippen molar-refractivity contribution in [2.75, 3.05) is 26.2 Å². The van der Waals surface area contributed by atoms with Crippen molar-refractivity contribution in [3.05, 3.63) is 88.7 Å². The molecule has 1 fully saturated rings. The van der Waals surface area contributed by atoms with Crippen LogP contribution in [0.3, 0.4) is 0 Å². The van der Waals surface area contributed by atoms with Crippen LogP contribution in [-0.4, -0.2) is 47.7 Å². The average molecular weight is 429 g/mol. The zero-order chi connectivity index (χ0) is 22.2. The first-order valence-electron chi connectivity index (χ1n) is 10.8. The number of amidine groups is 1. The van der Waals surface area contributed by atoms with Crippen LogP contribution in [0, 0.1) is 19.7 Å². The van der Waals surface area contributed by atoms with Gasteiger partial charge >= 0.3 is 0 Å². The third kappa shape index (κ3) is 3.73. The standard InChI is InChI=1S/C26H24FN3O2/c1-17-8-10-23-20(15-17)25(28-22-9-7-18(2)16-24(22)32-23)29-11-13-30(14-12-29)26(31)19-5-3-4-6-21(19)27/h3-10,15-16H,11-14H2,1-2H3. The first kappa shape index (κ1) is 20.2. The molecule has 2 aliphatic rings. The van der Waals surface area contributed by atoms with Crippen molar-refractivity contribution in [1.82, 2.24) is 9.80 Å². The Morgan fingerprint density at radius 2 is 1.62 bits per heavy atom. The Bertz CT molecular complexity index is 1230. The van der Waals surface area contributed by atoms with Crippen molar-refractivity contribution >= 4 is 17.4 Å². The molecule has 0 bridgehead atoms. The van der Waals surface area contributed by atoms with E-state index in [1.54, 1.807) is 17.0 Å². The van der Waals surface area contributed by atoms with Crippen LogP contribution in [0.25, 0.3) is 0 Å². The van der Waals surface area contributed by atoms with Crippen molar-refractivity contribution in [2.45, 2.75) is 13.8 Å². The predicted molar refractivity (Wildman–Crippen MR) is 123 cm³/mol. The van der Waals surface area contributed by atoms with E-state index < -0.39 is 5.82 Å². The zero-order valence-electron chi connectivity index (χ0n) is 18.1. The zero-order valence-corrected chi connectivity index (χ0v) is 18.1. The topological polar surface area (TPSA) is 45.1 Å². The lowest BCUT2D eigenvalue weighted by Gasteiger charge is -2.36. The van der Waals surface area contributed by atoms with E-state index in [1.807, 2.05) is 44.2 Å². The minimum atomic E-state index is -0.485. The minimum Gasteiger partial charge on any atom is -0.454 e. The molecule has 0 N–H and O–H groups in total. The minimum absolute atomic E-state index is 0.117. The van der Waals surface area contributed by atoms with E-state index in [-0.39, 0.29) is 11.5 Å². The second-order valence-corrected chi connectivity index (χ2v) is 8.27. The normalized spacial score (nSPS) is 15.3. The molecule has 0 radical (unpaired) electrons. The first-order valence-corrected chi connectivity index (χ1v) is 10.8. The summed E-state index contributed by atoms with van der Waals surface area (Å²) < 4.78 is 20.3. The monoisotopic (exact) mass is 429 g/mol. The van der Waals surface area contributed by atoms with Gasteiger partial charge in [0.25, 0.3) is 5.91 Å². The van der Waals surface area contributed by atoms with Crippen LogP contribution >= 0.6 is 0 Å². The van der Waals surface area contributed by atoms with E-state index in [1.165, 1.54) is 12.1 Å². The SMILES string of the molecule is Cc1ccc2c(c1)Oc1ccc(C)cc1C(N1CCN(C(=O)c3ccccc3F)CC1)=N2. The third-order valence-electron chi connectivity index (χ3n) is 5.91. The molecule has 5 rings (SSSR count). The second kappa shape index (κ2) is 8.11. The fourth-order valence-corrected chi connectivity index (χ4v) is 4.16. The number of halogens is 1. The Morgan fingerprint density at radius 3 is 2.41 bits per heavy atom. The summed E-state index contributed by atoms with van der Waals surface area (Å²) in [6.07, 6.45) is 0. The number of amides is 1. The largest absolute Gasteiger partial charge is 0.454 e. The smallest absolute Gasteiger partial charge is 0.256 e. The quantitative estimate of drug-likeness (QED) is 0.542. The van der Waals surface area contributed by atoms with Crippen LogP contribution in [0.1, 0.15) is 27.0 Å². The molecule has 1 saturated heterocycles. The van der Waals surface area contributed by atoms with Crippen LogP contribution in [-0.2, 0) is 0 Å². The number of ether oxygens (including phenoxy) is 1. The maximum atomic E-state index is 14.1. The lowest BCUT2D eigenvalue weighted by molar-refractivity contribution is 0.0687. The summed E-state index contributed by atoms with van der Waals surface area (Å²) in [5, 5.41) is 0. The number of aliphatic imine (C=N–C) groups is 1. The number of fused-ring (bicyclic) bond motifs is 2. The molecule has 5 nitrogen and oxygen atoms in total. The van der Waals surface area contributed by atoms with Crippen molar-refractivity contribution in [3.8, 4) is 11.5 Å². The van der Waals surface area contributed by atoms with Crippen LogP contribution in [0.5, 0.6) is 11.5 Å². The molecule has 6 heteroatoms. The maximum Gasteiger partial charge on any atom is 0.256 e. The number of hydrogen-bond donors (Lipinski definition) is 0. The Balaban J connectivity index is 1.44. The van der Waals surface area contributed by atoms with Gasteiger partial charge in [0.2, 0.25) is 0 Å². The van der Waals surface area contributed by atoms with Gasteiger partial charge in [0.05, 0.1) is 11.1 Å². The van der Waals surface area contributed by atoms with Crippen molar-refractivity contribution in [2.24, 2.45) is 4.99 Å². The van der Waals surface area contributed by atoms with Gasteiger partial charge in [0, 0.05) is 26.2 Å². The number of benzene rings is 3. The summed E-state index contributed by atoms with van der Waals surface area (Å²) in [5.41, 5.74) is 4.07. The van der Waals surface area contributed by atoms with E-state index in [4.69, 9.17) is 9.73 Å². The third-order valence-corrected chi connectivity index (χ3v) is 5.91. The van der Waals surface area contributed by atoms with E-state index in [0.29, 0.717) is 26.2 Å². The highest BCUT2D eigenvalue weighted by Crippen LogP contribution is 2.39. The van der Waals surface area contributed by atoms with Gasteiger partial charge in [-0.25, -0.2) is 9.38 Å². The molecule has 162 valence electrons. The van der Waals surface area contributed by atoms with E-state index in [2.05, 4.69) is 11.0 Å². The van der Waals surface area contributed by atoms with E-state index >= 15 is 0 Å². The summed E-state index contributed by atoms with van der Waals surface area (Å²) in [7, 11) is 0. The van der Waals surface area contributed by atoms with Crippen molar-refractivity contribution in [1.29, 1.82) is 0 Å². The highest BCUT2D eigenvalue weighted by Gasteiger charge is 2.28. The molecule has 0 aromatic heterocycles. The summed E-state index contributed by atoms with van der Waals surface area (Å²) >= 11 is 0. The fourth-order valence-electron chi connectivity index (χ4n) is 4.16. The van der Waals surface area contributed by atoms with Crippen LogP contribution in [0.2, 0.25) is 0 Å². The van der Waals surface area contributed by atoms with Crippen LogP contribution in [0.15, 0.2) is 65.7 Å². The molecular weight excluding hydrogens is 405 g/mol. The highest BCUT2D eigenvalue weighted by molar-refractivity contribution is 6.04. The molecule has 0 atom stereocenters. The van der Waals surface area contributed by atoms with Gasteiger partial charge in [0.15, 0.2) is 5.75 Å². The fraction of sp³-hybridized carbons (Fsp3) is 0.231. The Morgan fingerprint density at radius 1 is 0.906 bits per heavy atom. The molecule has 0 unspecified atom stereocenters. The van der Waals surface area contributed by atoms with E-state index in [0.717, 1.165) is 39.7 Å². The lowest BCUT2D eigenvalue weighted by Crippen LogP contribution is -2.51. The number of hydrogen-bond acceptors (Lipinski definition) is 4. The molecular formula is C26H24FN3O2. The average Bonchev–Trinajstić information content (AvgIpc) is 2.95. The Kier molecular flexibility index (Phi) is 5.13. The highest BCUT2D eigenvalue weighted by atomic mass is 19.1. The lowest BCUT2D eigenvalue weighted by atomic mass is 10.1. The number of nitrogens with zero attached hydrogens (tertiary/aromatic N) is 3. The van der Waals surface area contributed by atoms with Gasteiger partial charge < -0.3 is 14.5 Å². The van der Waals surface area contributed by atoms with Crippen LogP contribution in [0.4, 0.5) is 10.1 Å². The first-order chi connectivity index (χ1) is 15.5. The molecule has 1 amide bonds. The number of carbonyl (C=O) groups is 1. The molecule has 0 spiro atoms. The van der Waals surface area contributed by atoms with Gasteiger partial charge in [-0.3, -0.25) is 4.79 Å². The van der Waals surface area contributed by atoms with Gasteiger partial charge in [-0.05, 0) is 55.8 Å². The molecule has 3 aromatic carbocycles. The molecule has 0 saturated carbocycles. The molecule has 3 aromatic rings. The number of piperazine rings is 1. The van der Waals surface area contributed by atoms with E-state index in [9.17, 15) is 9.18 Å². The number of aryl methyl sites for hydroxylation is 2. The summed E-state index contributed by atoms with van der Waals surface area (Å²) in [6, 6.07) is 18.2. The van der Waals surface area contributed by atoms with Crippen molar-refractivity contribution in [3.63, 3.8) is 0 Å². The van der Waals surface area contributed by atoms with Gasteiger partial charge in [-0.1, -0.05) is 29.8 Å².